The second-order valence-electron chi connectivity index (χ2n) is 5.88. The van der Waals surface area contributed by atoms with E-state index in [2.05, 4.69) is 20.6 Å². The Labute approximate surface area is 182 Å². The lowest BCUT2D eigenvalue weighted by Crippen LogP contribution is -2.34. The molecule has 0 radical (unpaired) electrons. The molecule has 30 heavy (non-hydrogen) atoms. The summed E-state index contributed by atoms with van der Waals surface area (Å²) in [7, 11) is 1.60. The molecule has 154 valence electrons. The largest absolute Gasteiger partial charge is 0.497 e. The summed E-state index contributed by atoms with van der Waals surface area (Å²) >= 11 is 11.9. The van der Waals surface area contributed by atoms with Crippen molar-refractivity contribution < 1.29 is 19.1 Å². The standard InChI is InChI=1S/C20H16Cl2N4O4/c1-29-13-7-5-12(6-8-13)11-30-17-10-23-16(9-24-17)25-20(28)26-19(27)18-14(21)3-2-4-15(18)22/h2-10H,11H2,1H3,(H2,23,25,26,27,28). The number of halogens is 2. The van der Waals surface area contributed by atoms with E-state index in [9.17, 15) is 9.59 Å². The third-order valence-corrected chi connectivity index (χ3v) is 4.46. The number of carbonyl (C=O) groups is 2. The first-order valence-electron chi connectivity index (χ1n) is 8.60. The highest BCUT2D eigenvalue weighted by atomic mass is 35.5. The van der Waals surface area contributed by atoms with Crippen LogP contribution in [0.5, 0.6) is 11.6 Å². The number of nitrogens with one attached hydrogen (secondary N) is 2. The molecule has 3 amide bonds. The van der Waals surface area contributed by atoms with Gasteiger partial charge in [-0.15, -0.1) is 0 Å². The molecular formula is C20H16Cl2N4O4. The van der Waals surface area contributed by atoms with Gasteiger partial charge in [0.1, 0.15) is 12.4 Å². The third kappa shape index (κ3) is 5.59. The van der Waals surface area contributed by atoms with E-state index in [1.54, 1.807) is 13.2 Å². The van der Waals surface area contributed by atoms with Gasteiger partial charge in [-0.05, 0) is 29.8 Å². The first kappa shape index (κ1) is 21.4. The summed E-state index contributed by atoms with van der Waals surface area (Å²) in [5.74, 6) is 0.413. The summed E-state index contributed by atoms with van der Waals surface area (Å²) in [6, 6.07) is 11.2. The van der Waals surface area contributed by atoms with Crippen molar-refractivity contribution in [1.82, 2.24) is 15.3 Å². The SMILES string of the molecule is COc1ccc(COc2cnc(NC(=O)NC(=O)c3c(Cl)cccc3Cl)cn2)cc1. The van der Waals surface area contributed by atoms with Crippen LogP contribution in [-0.2, 0) is 6.61 Å². The fraction of sp³-hybridized carbons (Fsp3) is 0.100. The van der Waals surface area contributed by atoms with Crippen molar-refractivity contribution in [2.24, 2.45) is 0 Å². The van der Waals surface area contributed by atoms with E-state index in [0.29, 0.717) is 6.61 Å². The maximum atomic E-state index is 12.2. The minimum absolute atomic E-state index is 0.00403. The van der Waals surface area contributed by atoms with Crippen LogP contribution in [0.4, 0.5) is 10.6 Å². The lowest BCUT2D eigenvalue weighted by atomic mass is 10.2. The van der Waals surface area contributed by atoms with Crippen LogP contribution in [0.1, 0.15) is 15.9 Å². The van der Waals surface area contributed by atoms with Gasteiger partial charge in [0, 0.05) is 0 Å². The van der Waals surface area contributed by atoms with Gasteiger partial charge in [-0.25, -0.2) is 14.8 Å². The second-order valence-corrected chi connectivity index (χ2v) is 6.70. The highest BCUT2D eigenvalue weighted by molar-refractivity contribution is 6.40. The second kappa shape index (κ2) is 9.91. The van der Waals surface area contributed by atoms with Crippen molar-refractivity contribution in [3.63, 3.8) is 0 Å². The number of aromatic nitrogens is 2. The van der Waals surface area contributed by atoms with E-state index in [-0.39, 0.29) is 27.3 Å². The zero-order valence-electron chi connectivity index (χ0n) is 15.7. The minimum atomic E-state index is -0.808. The number of amides is 3. The zero-order chi connectivity index (χ0) is 21.5. The molecule has 2 aromatic carbocycles. The van der Waals surface area contributed by atoms with Gasteiger partial charge in [0.25, 0.3) is 5.91 Å². The molecule has 0 saturated carbocycles. The van der Waals surface area contributed by atoms with Crippen molar-refractivity contribution >= 4 is 41.0 Å². The molecule has 0 atom stereocenters. The minimum Gasteiger partial charge on any atom is -0.497 e. The number of anilines is 1. The predicted octanol–water partition coefficient (Wildman–Crippen LogP) is 4.33. The molecule has 0 spiro atoms. The Morgan fingerprint density at radius 1 is 1.00 bits per heavy atom. The number of ether oxygens (including phenoxy) is 2. The van der Waals surface area contributed by atoms with Crippen LogP contribution in [-0.4, -0.2) is 29.0 Å². The van der Waals surface area contributed by atoms with E-state index in [4.69, 9.17) is 32.7 Å². The number of imide groups is 1. The van der Waals surface area contributed by atoms with Crippen LogP contribution in [0.25, 0.3) is 0 Å². The molecule has 0 aliphatic carbocycles. The summed E-state index contributed by atoms with van der Waals surface area (Å²) in [5.41, 5.74) is 0.931. The monoisotopic (exact) mass is 446 g/mol. The predicted molar refractivity (Wildman–Crippen MR) is 112 cm³/mol. The van der Waals surface area contributed by atoms with Crippen LogP contribution >= 0.6 is 23.2 Å². The van der Waals surface area contributed by atoms with E-state index < -0.39 is 11.9 Å². The quantitative estimate of drug-likeness (QED) is 0.583. The number of nitrogens with zero attached hydrogens (tertiary/aromatic N) is 2. The molecule has 1 aromatic heterocycles. The van der Waals surface area contributed by atoms with Crippen molar-refractivity contribution in [2.75, 3.05) is 12.4 Å². The maximum Gasteiger partial charge on any atom is 0.327 e. The summed E-state index contributed by atoms with van der Waals surface area (Å²) in [6.45, 7) is 0.291. The highest BCUT2D eigenvalue weighted by Crippen LogP contribution is 2.24. The van der Waals surface area contributed by atoms with Crippen LogP contribution in [0, 0.1) is 0 Å². The fourth-order valence-corrected chi connectivity index (χ4v) is 2.93. The van der Waals surface area contributed by atoms with Gasteiger partial charge in [-0.1, -0.05) is 41.4 Å². The van der Waals surface area contributed by atoms with Crippen LogP contribution in [0.15, 0.2) is 54.9 Å². The molecular weight excluding hydrogens is 431 g/mol. The fourth-order valence-electron chi connectivity index (χ4n) is 2.36. The first-order chi connectivity index (χ1) is 14.5. The average Bonchev–Trinajstić information content (AvgIpc) is 2.73. The van der Waals surface area contributed by atoms with Crippen molar-refractivity contribution in [3.8, 4) is 11.6 Å². The Balaban J connectivity index is 1.53. The number of carbonyl (C=O) groups excluding carboxylic acids is 2. The Morgan fingerprint density at radius 2 is 1.70 bits per heavy atom. The third-order valence-electron chi connectivity index (χ3n) is 3.83. The first-order valence-corrected chi connectivity index (χ1v) is 9.36. The molecule has 3 rings (SSSR count). The Morgan fingerprint density at radius 3 is 2.30 bits per heavy atom. The number of hydrogen-bond donors (Lipinski definition) is 2. The smallest absolute Gasteiger partial charge is 0.327 e. The molecule has 0 aliphatic rings. The van der Waals surface area contributed by atoms with Gasteiger partial charge < -0.3 is 9.47 Å². The normalized spacial score (nSPS) is 10.2. The molecule has 0 bridgehead atoms. The molecule has 0 fully saturated rings. The molecule has 8 nitrogen and oxygen atoms in total. The molecule has 1 heterocycles. The summed E-state index contributed by atoms with van der Waals surface area (Å²) in [5, 5.41) is 4.79. The average molecular weight is 447 g/mol. The van der Waals surface area contributed by atoms with Crippen LogP contribution in [0.2, 0.25) is 10.0 Å². The zero-order valence-corrected chi connectivity index (χ0v) is 17.2. The van der Waals surface area contributed by atoms with Gasteiger partial charge in [0.2, 0.25) is 5.88 Å². The van der Waals surface area contributed by atoms with Crippen molar-refractivity contribution in [3.05, 3.63) is 76.0 Å². The lowest BCUT2D eigenvalue weighted by molar-refractivity contribution is 0.0967. The van der Waals surface area contributed by atoms with Gasteiger partial charge in [0.05, 0.1) is 35.1 Å². The Bertz CT molecular complexity index is 1020. The molecule has 3 aromatic rings. The summed E-state index contributed by atoms with van der Waals surface area (Å²) in [4.78, 5) is 32.3. The molecule has 2 N–H and O–H groups in total. The lowest BCUT2D eigenvalue weighted by Gasteiger charge is -2.09. The van der Waals surface area contributed by atoms with E-state index in [0.717, 1.165) is 11.3 Å². The summed E-state index contributed by atoms with van der Waals surface area (Å²) < 4.78 is 10.6. The van der Waals surface area contributed by atoms with Gasteiger partial charge in [-0.3, -0.25) is 15.4 Å². The van der Waals surface area contributed by atoms with Gasteiger partial charge in [0.15, 0.2) is 5.82 Å². The number of rotatable bonds is 6. The number of hydrogen-bond acceptors (Lipinski definition) is 6. The van der Waals surface area contributed by atoms with Crippen molar-refractivity contribution in [2.45, 2.75) is 6.61 Å². The maximum absolute atomic E-state index is 12.2. The summed E-state index contributed by atoms with van der Waals surface area (Å²) in [6.07, 6.45) is 2.65. The van der Waals surface area contributed by atoms with E-state index in [1.165, 1.54) is 24.5 Å². The Hall–Kier alpha value is -3.36. The number of urea groups is 1. The molecule has 0 aliphatic heterocycles. The highest BCUT2D eigenvalue weighted by Gasteiger charge is 2.17. The van der Waals surface area contributed by atoms with E-state index in [1.807, 2.05) is 24.3 Å². The molecule has 0 saturated heterocycles. The van der Waals surface area contributed by atoms with Crippen LogP contribution < -0.4 is 20.1 Å². The number of benzene rings is 2. The van der Waals surface area contributed by atoms with E-state index >= 15 is 0 Å². The topological polar surface area (TPSA) is 102 Å². The van der Waals surface area contributed by atoms with Gasteiger partial charge >= 0.3 is 6.03 Å². The number of methoxy groups -OCH3 is 1. The van der Waals surface area contributed by atoms with Crippen molar-refractivity contribution in [1.29, 1.82) is 0 Å². The Kier molecular flexibility index (Phi) is 7.05. The van der Waals surface area contributed by atoms with Crippen LogP contribution in [0.3, 0.4) is 0 Å². The molecule has 0 unspecified atom stereocenters. The van der Waals surface area contributed by atoms with Gasteiger partial charge in [-0.2, -0.15) is 0 Å². The molecule has 10 heteroatoms.